The van der Waals surface area contributed by atoms with Crippen LogP contribution in [0.25, 0.3) is 0 Å². The second-order valence-corrected chi connectivity index (χ2v) is 8.93. The molecule has 0 aliphatic carbocycles. The lowest BCUT2D eigenvalue weighted by Crippen LogP contribution is -2.41. The number of rotatable bonds is 4. The van der Waals surface area contributed by atoms with E-state index in [1.54, 1.807) is 0 Å². The summed E-state index contributed by atoms with van der Waals surface area (Å²) in [6.07, 6.45) is 5.33. The molecule has 3 heterocycles. The second kappa shape index (κ2) is 7.44. The van der Waals surface area contributed by atoms with Crippen LogP contribution in [0.3, 0.4) is 0 Å². The van der Waals surface area contributed by atoms with Crippen molar-refractivity contribution in [3.63, 3.8) is 0 Å². The third kappa shape index (κ3) is 4.60. The quantitative estimate of drug-likeness (QED) is 0.840. The molecule has 0 spiro atoms. The Balaban J connectivity index is 1.65. The van der Waals surface area contributed by atoms with Gasteiger partial charge < -0.3 is 9.47 Å². The Bertz CT molecular complexity index is 597. The Morgan fingerprint density at radius 2 is 1.84 bits per heavy atom. The van der Waals surface area contributed by atoms with Gasteiger partial charge in [0.05, 0.1) is 6.54 Å². The minimum atomic E-state index is 0.0394. The average Bonchev–Trinajstić information content (AvgIpc) is 3.17. The van der Waals surface area contributed by atoms with Crippen LogP contribution in [0.1, 0.15) is 70.4 Å². The van der Waals surface area contributed by atoms with Crippen LogP contribution in [0.2, 0.25) is 0 Å². The molecule has 1 atom stereocenters. The molecule has 25 heavy (non-hydrogen) atoms. The van der Waals surface area contributed by atoms with E-state index < -0.39 is 0 Å². The van der Waals surface area contributed by atoms with Gasteiger partial charge in [-0.25, -0.2) is 0 Å². The van der Waals surface area contributed by atoms with Crippen molar-refractivity contribution in [2.75, 3.05) is 26.2 Å². The molecule has 0 N–H and O–H groups in total. The van der Waals surface area contributed by atoms with E-state index in [2.05, 4.69) is 47.5 Å². The Morgan fingerprint density at radius 1 is 1.12 bits per heavy atom. The Kier molecular flexibility index (Phi) is 5.46. The summed E-state index contributed by atoms with van der Waals surface area (Å²) in [5.41, 5.74) is 0.0394. The van der Waals surface area contributed by atoms with E-state index >= 15 is 0 Å². The molecule has 3 rings (SSSR count). The van der Waals surface area contributed by atoms with Gasteiger partial charge in [0.25, 0.3) is 0 Å². The van der Waals surface area contributed by atoms with Crippen LogP contribution in [-0.2, 0) is 18.4 Å². The number of carbonyl (C=O) groups excluding carboxylic acids is 1. The summed E-state index contributed by atoms with van der Waals surface area (Å²) in [7, 11) is 2.08. The largest absolute Gasteiger partial charge is 0.342 e. The van der Waals surface area contributed by atoms with E-state index in [-0.39, 0.29) is 11.3 Å². The third-order valence-electron chi connectivity index (χ3n) is 5.38. The normalized spacial score (nSPS) is 22.6. The van der Waals surface area contributed by atoms with E-state index in [4.69, 9.17) is 0 Å². The molecule has 2 aliphatic heterocycles. The first-order chi connectivity index (χ1) is 11.8. The average molecular weight is 348 g/mol. The number of aromatic nitrogens is 3. The minimum absolute atomic E-state index is 0.0394. The fourth-order valence-corrected chi connectivity index (χ4v) is 3.99. The number of carbonyl (C=O) groups is 1. The number of likely N-dealkylation sites (tertiary alicyclic amines) is 2. The molecule has 2 aliphatic rings. The molecule has 1 unspecified atom stereocenters. The summed E-state index contributed by atoms with van der Waals surface area (Å²) in [6.45, 7) is 11.3. The topological polar surface area (TPSA) is 54.3 Å². The van der Waals surface area contributed by atoms with Gasteiger partial charge in [-0.1, -0.05) is 20.8 Å². The molecule has 2 saturated heterocycles. The van der Waals surface area contributed by atoms with E-state index in [9.17, 15) is 4.79 Å². The van der Waals surface area contributed by atoms with Crippen molar-refractivity contribution in [1.29, 1.82) is 0 Å². The van der Waals surface area contributed by atoms with Gasteiger partial charge in [-0.2, -0.15) is 0 Å². The molecule has 1 aromatic rings. The highest BCUT2D eigenvalue weighted by molar-refractivity contribution is 5.77. The van der Waals surface area contributed by atoms with Gasteiger partial charge in [-0.15, -0.1) is 10.2 Å². The van der Waals surface area contributed by atoms with Gasteiger partial charge >= 0.3 is 0 Å². The summed E-state index contributed by atoms with van der Waals surface area (Å²) in [4.78, 5) is 17.1. The van der Waals surface area contributed by atoms with E-state index in [0.29, 0.717) is 12.3 Å². The first kappa shape index (κ1) is 18.4. The van der Waals surface area contributed by atoms with Gasteiger partial charge in [0, 0.05) is 32.5 Å². The van der Waals surface area contributed by atoms with Crippen molar-refractivity contribution in [3.05, 3.63) is 11.6 Å². The molecule has 0 saturated carbocycles. The lowest BCUT2D eigenvalue weighted by Gasteiger charge is -2.34. The van der Waals surface area contributed by atoms with Crippen molar-refractivity contribution in [2.45, 2.75) is 65.3 Å². The fraction of sp³-hybridized carbons (Fsp3) is 0.842. The van der Waals surface area contributed by atoms with Crippen LogP contribution in [0.5, 0.6) is 0 Å². The zero-order valence-electron chi connectivity index (χ0n) is 16.3. The molecule has 140 valence electrons. The molecule has 0 aromatic carbocycles. The van der Waals surface area contributed by atoms with E-state index in [1.165, 1.54) is 25.9 Å². The highest BCUT2D eigenvalue weighted by Gasteiger charge is 2.30. The third-order valence-corrected chi connectivity index (χ3v) is 5.38. The maximum absolute atomic E-state index is 12.6. The number of nitrogens with zero attached hydrogens (tertiary/aromatic N) is 5. The minimum Gasteiger partial charge on any atom is -0.342 e. The zero-order chi connectivity index (χ0) is 18.0. The molecule has 6 nitrogen and oxygen atoms in total. The summed E-state index contributed by atoms with van der Waals surface area (Å²) < 4.78 is 2.17. The molecule has 0 bridgehead atoms. The highest BCUT2D eigenvalue weighted by atomic mass is 16.2. The Labute approximate surface area is 151 Å². The second-order valence-electron chi connectivity index (χ2n) is 8.93. The lowest BCUT2D eigenvalue weighted by molar-refractivity contribution is -0.134. The maximum atomic E-state index is 12.6. The molecule has 2 fully saturated rings. The van der Waals surface area contributed by atoms with Crippen LogP contribution < -0.4 is 0 Å². The SMILES string of the molecule is Cn1c(CN2CCCC2)nnc1C1CCCN(C(=O)CC(C)(C)C)C1. The first-order valence-electron chi connectivity index (χ1n) is 9.72. The zero-order valence-corrected chi connectivity index (χ0v) is 16.3. The molecular formula is C19H33N5O. The highest BCUT2D eigenvalue weighted by Crippen LogP contribution is 2.28. The summed E-state index contributed by atoms with van der Waals surface area (Å²) in [5.74, 6) is 2.68. The van der Waals surface area contributed by atoms with Crippen molar-refractivity contribution >= 4 is 5.91 Å². The van der Waals surface area contributed by atoms with Gasteiger partial charge in [-0.3, -0.25) is 9.69 Å². The van der Waals surface area contributed by atoms with Gasteiger partial charge in [0.1, 0.15) is 11.6 Å². The number of hydrogen-bond acceptors (Lipinski definition) is 4. The first-order valence-corrected chi connectivity index (χ1v) is 9.72. The smallest absolute Gasteiger partial charge is 0.223 e. The monoisotopic (exact) mass is 347 g/mol. The van der Waals surface area contributed by atoms with Crippen molar-refractivity contribution < 1.29 is 4.79 Å². The van der Waals surface area contributed by atoms with Gasteiger partial charge in [0.2, 0.25) is 5.91 Å². The standard InChI is InChI=1S/C19H33N5O/c1-19(2,3)12-17(25)24-11-7-8-15(13-24)18-21-20-16(22(18)4)14-23-9-5-6-10-23/h15H,5-14H2,1-4H3. The lowest BCUT2D eigenvalue weighted by atomic mass is 9.90. The van der Waals surface area contributed by atoms with Crippen LogP contribution in [0.4, 0.5) is 0 Å². The van der Waals surface area contributed by atoms with E-state index in [1.807, 2.05) is 4.90 Å². The van der Waals surface area contributed by atoms with Crippen LogP contribution >= 0.6 is 0 Å². The Morgan fingerprint density at radius 3 is 2.52 bits per heavy atom. The van der Waals surface area contributed by atoms with Crippen LogP contribution in [0.15, 0.2) is 0 Å². The summed E-state index contributed by atoms with van der Waals surface area (Å²) in [5, 5.41) is 8.95. The van der Waals surface area contributed by atoms with Gasteiger partial charge in [0.15, 0.2) is 0 Å². The Hall–Kier alpha value is -1.43. The molecule has 6 heteroatoms. The van der Waals surface area contributed by atoms with Crippen LogP contribution in [0, 0.1) is 5.41 Å². The molecule has 0 radical (unpaired) electrons. The van der Waals surface area contributed by atoms with Gasteiger partial charge in [-0.05, 0) is 44.2 Å². The number of piperidine rings is 1. The number of hydrogen-bond donors (Lipinski definition) is 0. The summed E-state index contributed by atoms with van der Waals surface area (Å²) in [6, 6.07) is 0. The van der Waals surface area contributed by atoms with Crippen molar-refractivity contribution in [2.24, 2.45) is 12.5 Å². The molecular weight excluding hydrogens is 314 g/mol. The molecule has 1 aromatic heterocycles. The number of amides is 1. The predicted octanol–water partition coefficient (Wildman–Crippen LogP) is 2.55. The van der Waals surface area contributed by atoms with Crippen molar-refractivity contribution in [3.8, 4) is 0 Å². The predicted molar refractivity (Wildman–Crippen MR) is 98.1 cm³/mol. The molecule has 1 amide bonds. The van der Waals surface area contributed by atoms with Crippen molar-refractivity contribution in [1.82, 2.24) is 24.6 Å². The van der Waals surface area contributed by atoms with Crippen LogP contribution in [-0.4, -0.2) is 56.7 Å². The fourth-order valence-electron chi connectivity index (χ4n) is 3.99. The van der Waals surface area contributed by atoms with E-state index in [0.717, 1.165) is 44.1 Å². The summed E-state index contributed by atoms with van der Waals surface area (Å²) >= 11 is 0. The maximum Gasteiger partial charge on any atom is 0.223 e.